The SMILES string of the molecule is CC(C)n1ccc(=O)c2c(N)c(F)c(NCCCc3ccccn3)c(F)c21. The molecule has 0 radical (unpaired) electrons. The van der Waals surface area contributed by atoms with Gasteiger partial charge in [-0.25, -0.2) is 8.78 Å². The maximum atomic E-state index is 15.1. The number of halogens is 2. The van der Waals surface area contributed by atoms with Crippen LogP contribution < -0.4 is 16.5 Å². The lowest BCUT2D eigenvalue weighted by molar-refractivity contribution is 0.570. The summed E-state index contributed by atoms with van der Waals surface area (Å²) in [7, 11) is 0. The largest absolute Gasteiger partial charge is 0.396 e. The van der Waals surface area contributed by atoms with E-state index in [0.29, 0.717) is 19.4 Å². The Kier molecular flexibility index (Phi) is 5.39. The number of hydrogen-bond donors (Lipinski definition) is 2. The van der Waals surface area contributed by atoms with E-state index in [2.05, 4.69) is 10.3 Å². The van der Waals surface area contributed by atoms with Gasteiger partial charge < -0.3 is 15.6 Å². The molecule has 27 heavy (non-hydrogen) atoms. The zero-order valence-electron chi connectivity index (χ0n) is 15.3. The molecule has 0 aliphatic rings. The van der Waals surface area contributed by atoms with Crippen LogP contribution in [0.2, 0.25) is 0 Å². The molecule has 5 nitrogen and oxygen atoms in total. The summed E-state index contributed by atoms with van der Waals surface area (Å²) in [6, 6.07) is 6.78. The lowest BCUT2D eigenvalue weighted by atomic mass is 10.1. The van der Waals surface area contributed by atoms with E-state index >= 15 is 4.39 Å². The van der Waals surface area contributed by atoms with E-state index in [-0.39, 0.29) is 28.3 Å². The Bertz CT molecular complexity index is 1020. The zero-order chi connectivity index (χ0) is 19.6. The Morgan fingerprint density at radius 3 is 2.67 bits per heavy atom. The quantitative estimate of drug-likeness (QED) is 0.509. The van der Waals surface area contributed by atoms with Crippen molar-refractivity contribution in [1.29, 1.82) is 0 Å². The number of nitrogens with zero attached hydrogens (tertiary/aromatic N) is 2. The van der Waals surface area contributed by atoms with Gasteiger partial charge in [-0.1, -0.05) is 6.07 Å². The first kappa shape index (κ1) is 18.8. The smallest absolute Gasteiger partial charge is 0.191 e. The van der Waals surface area contributed by atoms with Crippen LogP contribution >= 0.6 is 0 Å². The number of benzene rings is 1. The summed E-state index contributed by atoms with van der Waals surface area (Å²) in [5.74, 6) is -1.74. The van der Waals surface area contributed by atoms with Crippen LogP contribution in [0.3, 0.4) is 0 Å². The summed E-state index contributed by atoms with van der Waals surface area (Å²) in [6.45, 7) is 4.04. The maximum Gasteiger partial charge on any atom is 0.191 e. The summed E-state index contributed by atoms with van der Waals surface area (Å²) in [5.41, 5.74) is 5.63. The number of nitrogens with one attached hydrogen (secondary N) is 1. The standard InChI is InChI=1S/C20H22F2N4O/c1-12(2)26-11-8-14(27)15-18(23)16(21)19(17(22)20(15)26)25-10-5-7-13-6-3-4-9-24-13/h3-4,6,8-9,11-12,25H,5,7,10,23H2,1-2H3. The van der Waals surface area contributed by atoms with Gasteiger partial charge in [0.2, 0.25) is 0 Å². The molecule has 2 heterocycles. The summed E-state index contributed by atoms with van der Waals surface area (Å²) in [5, 5.41) is 2.67. The predicted octanol–water partition coefficient (Wildman–Crippen LogP) is 3.88. The van der Waals surface area contributed by atoms with E-state index in [9.17, 15) is 9.18 Å². The Morgan fingerprint density at radius 2 is 2.00 bits per heavy atom. The van der Waals surface area contributed by atoms with Gasteiger partial charge >= 0.3 is 0 Å². The number of fused-ring (bicyclic) bond motifs is 1. The van der Waals surface area contributed by atoms with Crippen LogP contribution in [-0.4, -0.2) is 16.1 Å². The summed E-state index contributed by atoms with van der Waals surface area (Å²) >= 11 is 0. The van der Waals surface area contributed by atoms with Crippen LogP contribution in [0.1, 0.15) is 32.0 Å². The van der Waals surface area contributed by atoms with Crippen molar-refractivity contribution >= 4 is 22.3 Å². The zero-order valence-corrected chi connectivity index (χ0v) is 15.3. The Balaban J connectivity index is 1.93. The lowest BCUT2D eigenvalue weighted by Gasteiger charge is -2.19. The number of hydrogen-bond acceptors (Lipinski definition) is 4. The first-order chi connectivity index (χ1) is 12.9. The number of nitrogens with two attached hydrogens (primary N) is 1. The minimum atomic E-state index is -0.934. The molecule has 0 aliphatic carbocycles. The number of rotatable bonds is 6. The summed E-state index contributed by atoms with van der Waals surface area (Å²) < 4.78 is 31.4. The minimum Gasteiger partial charge on any atom is -0.396 e. The molecule has 0 atom stereocenters. The molecule has 7 heteroatoms. The third-order valence-corrected chi connectivity index (χ3v) is 4.47. The van der Waals surface area contributed by atoms with Crippen LogP contribution in [0, 0.1) is 11.6 Å². The van der Waals surface area contributed by atoms with Crippen LogP contribution in [0.15, 0.2) is 41.5 Å². The molecule has 0 amide bonds. The van der Waals surface area contributed by atoms with Crippen molar-refractivity contribution in [2.75, 3.05) is 17.6 Å². The van der Waals surface area contributed by atoms with Gasteiger partial charge in [-0.2, -0.15) is 0 Å². The van der Waals surface area contributed by atoms with Crippen molar-refractivity contribution < 1.29 is 8.78 Å². The molecule has 0 aliphatic heterocycles. The van der Waals surface area contributed by atoms with E-state index in [0.717, 1.165) is 5.69 Å². The molecule has 0 unspecified atom stereocenters. The maximum absolute atomic E-state index is 15.1. The van der Waals surface area contributed by atoms with Gasteiger partial charge in [0.05, 0.1) is 16.6 Å². The van der Waals surface area contributed by atoms with Gasteiger partial charge in [-0.15, -0.1) is 0 Å². The van der Waals surface area contributed by atoms with E-state index < -0.39 is 17.1 Å². The third-order valence-electron chi connectivity index (χ3n) is 4.47. The fourth-order valence-corrected chi connectivity index (χ4v) is 3.11. The molecule has 0 fully saturated rings. The second kappa shape index (κ2) is 7.73. The highest BCUT2D eigenvalue weighted by molar-refractivity contribution is 5.94. The molecular weight excluding hydrogens is 350 g/mol. The van der Waals surface area contributed by atoms with Crippen LogP contribution in [0.5, 0.6) is 0 Å². The van der Waals surface area contributed by atoms with Crippen LogP contribution in [0.25, 0.3) is 10.9 Å². The highest BCUT2D eigenvalue weighted by Crippen LogP contribution is 2.33. The summed E-state index contributed by atoms with van der Waals surface area (Å²) in [4.78, 5) is 16.4. The summed E-state index contributed by atoms with van der Waals surface area (Å²) in [6.07, 6.45) is 4.52. The molecule has 142 valence electrons. The predicted molar refractivity (Wildman–Crippen MR) is 104 cm³/mol. The number of aryl methyl sites for hydroxylation is 1. The van der Waals surface area contributed by atoms with Gasteiger partial charge in [0.1, 0.15) is 5.69 Å². The third kappa shape index (κ3) is 3.63. The number of pyridine rings is 2. The Hall–Kier alpha value is -2.96. The molecule has 2 aromatic heterocycles. The normalized spacial score (nSPS) is 11.3. The first-order valence-electron chi connectivity index (χ1n) is 8.87. The second-order valence-corrected chi connectivity index (χ2v) is 6.67. The van der Waals surface area contributed by atoms with Gasteiger partial charge in [-0.05, 0) is 38.8 Å². The molecule has 1 aromatic carbocycles. The molecule has 3 N–H and O–H groups in total. The van der Waals surface area contributed by atoms with Gasteiger partial charge in [-0.3, -0.25) is 9.78 Å². The minimum absolute atomic E-state index is 0.0172. The van der Waals surface area contributed by atoms with Crippen molar-refractivity contribution in [3.8, 4) is 0 Å². The molecule has 0 saturated heterocycles. The average Bonchev–Trinajstić information content (AvgIpc) is 2.66. The van der Waals surface area contributed by atoms with Gasteiger partial charge in [0.25, 0.3) is 0 Å². The Morgan fingerprint density at radius 1 is 1.22 bits per heavy atom. The van der Waals surface area contributed by atoms with Crippen LogP contribution in [0.4, 0.5) is 20.2 Å². The molecule has 0 saturated carbocycles. The highest BCUT2D eigenvalue weighted by atomic mass is 19.1. The fraction of sp³-hybridized carbons (Fsp3) is 0.300. The Labute approximate surface area is 155 Å². The van der Waals surface area contributed by atoms with Crippen molar-refractivity contribution in [2.24, 2.45) is 0 Å². The number of nitrogen functional groups attached to an aromatic ring is 1. The lowest BCUT2D eigenvalue weighted by Crippen LogP contribution is -2.17. The van der Waals surface area contributed by atoms with Crippen LogP contribution in [-0.2, 0) is 6.42 Å². The monoisotopic (exact) mass is 372 g/mol. The fourth-order valence-electron chi connectivity index (χ4n) is 3.11. The van der Waals surface area contributed by atoms with Crippen molar-refractivity contribution in [1.82, 2.24) is 9.55 Å². The van der Waals surface area contributed by atoms with E-state index in [4.69, 9.17) is 5.73 Å². The number of anilines is 2. The van der Waals surface area contributed by atoms with Crippen molar-refractivity contribution in [2.45, 2.75) is 32.7 Å². The molecule has 0 spiro atoms. The molecular formula is C20H22F2N4O. The number of aromatic nitrogens is 2. The molecule has 3 rings (SSSR count). The van der Waals surface area contributed by atoms with E-state index in [1.807, 2.05) is 32.0 Å². The van der Waals surface area contributed by atoms with Gasteiger partial charge in [0, 0.05) is 36.7 Å². The van der Waals surface area contributed by atoms with Crippen molar-refractivity contribution in [3.63, 3.8) is 0 Å². The average molecular weight is 372 g/mol. The second-order valence-electron chi connectivity index (χ2n) is 6.67. The molecule has 0 bridgehead atoms. The van der Waals surface area contributed by atoms with Crippen molar-refractivity contribution in [3.05, 3.63) is 64.2 Å². The highest BCUT2D eigenvalue weighted by Gasteiger charge is 2.22. The first-order valence-corrected chi connectivity index (χ1v) is 8.87. The topological polar surface area (TPSA) is 72.9 Å². The van der Waals surface area contributed by atoms with Gasteiger partial charge in [0.15, 0.2) is 17.1 Å². The molecule has 3 aromatic rings. The van der Waals surface area contributed by atoms with E-state index in [1.165, 1.54) is 12.3 Å². The van der Waals surface area contributed by atoms with E-state index in [1.54, 1.807) is 10.8 Å².